The maximum atomic E-state index is 12.4. The number of ether oxygens (including phenoxy) is 3. The Morgan fingerprint density at radius 3 is 2.36 bits per heavy atom. The van der Waals surface area contributed by atoms with Crippen LogP contribution in [0.5, 0.6) is 17.2 Å². The van der Waals surface area contributed by atoms with Crippen molar-refractivity contribution in [1.29, 1.82) is 0 Å². The lowest BCUT2D eigenvalue weighted by molar-refractivity contribution is -0.115. The summed E-state index contributed by atoms with van der Waals surface area (Å²) in [7, 11) is 3.19. The van der Waals surface area contributed by atoms with Gasteiger partial charge in [0.1, 0.15) is 5.75 Å². The van der Waals surface area contributed by atoms with Crippen molar-refractivity contribution in [2.24, 2.45) is 0 Å². The van der Waals surface area contributed by atoms with Crippen LogP contribution < -0.4 is 19.5 Å². The topological polar surface area (TPSA) is 56.8 Å². The summed E-state index contributed by atoms with van der Waals surface area (Å²) in [6.07, 6.45) is 0. The molecule has 1 atom stereocenters. The van der Waals surface area contributed by atoms with E-state index in [1.165, 1.54) is 11.8 Å². The summed E-state index contributed by atoms with van der Waals surface area (Å²) in [4.78, 5) is 13.3. The zero-order valence-electron chi connectivity index (χ0n) is 14.9. The number of benzene rings is 2. The fraction of sp³-hybridized carbons (Fsp3) is 0.316. The first kappa shape index (κ1) is 19.0. The molecular weight excluding hydrogens is 338 g/mol. The third kappa shape index (κ3) is 5.32. The lowest BCUT2D eigenvalue weighted by atomic mass is 10.3. The average Bonchev–Trinajstić information content (AvgIpc) is 2.63. The number of hydrogen-bond acceptors (Lipinski definition) is 5. The van der Waals surface area contributed by atoms with Crippen LogP contribution in [0, 0.1) is 0 Å². The van der Waals surface area contributed by atoms with E-state index in [9.17, 15) is 4.79 Å². The van der Waals surface area contributed by atoms with Gasteiger partial charge in [0.15, 0.2) is 11.5 Å². The summed E-state index contributed by atoms with van der Waals surface area (Å²) < 4.78 is 15.9. The van der Waals surface area contributed by atoms with Gasteiger partial charge >= 0.3 is 0 Å². The molecule has 134 valence electrons. The maximum Gasteiger partial charge on any atom is 0.237 e. The number of amides is 1. The Morgan fingerprint density at radius 2 is 1.76 bits per heavy atom. The molecule has 0 saturated carbocycles. The molecule has 0 heterocycles. The van der Waals surface area contributed by atoms with E-state index in [-0.39, 0.29) is 11.2 Å². The fourth-order valence-corrected chi connectivity index (χ4v) is 3.09. The minimum Gasteiger partial charge on any atom is -0.494 e. The van der Waals surface area contributed by atoms with Crippen molar-refractivity contribution in [3.63, 3.8) is 0 Å². The summed E-state index contributed by atoms with van der Waals surface area (Å²) in [6.45, 7) is 4.42. The van der Waals surface area contributed by atoms with Crippen LogP contribution in [0.15, 0.2) is 47.4 Å². The first-order valence-electron chi connectivity index (χ1n) is 7.99. The van der Waals surface area contributed by atoms with Gasteiger partial charge in [0.2, 0.25) is 5.91 Å². The highest BCUT2D eigenvalue weighted by molar-refractivity contribution is 8.00. The van der Waals surface area contributed by atoms with Gasteiger partial charge in [-0.3, -0.25) is 4.79 Å². The van der Waals surface area contributed by atoms with Crippen LogP contribution in [0.3, 0.4) is 0 Å². The van der Waals surface area contributed by atoms with E-state index in [1.54, 1.807) is 14.2 Å². The summed E-state index contributed by atoms with van der Waals surface area (Å²) in [5.74, 6) is 2.03. The van der Waals surface area contributed by atoms with E-state index in [4.69, 9.17) is 14.2 Å². The molecule has 0 fully saturated rings. The molecule has 0 saturated heterocycles. The molecule has 2 rings (SSSR count). The molecule has 1 N–H and O–H groups in total. The van der Waals surface area contributed by atoms with Gasteiger partial charge in [-0.15, -0.1) is 11.8 Å². The number of nitrogens with one attached hydrogen (secondary N) is 1. The van der Waals surface area contributed by atoms with E-state index in [0.717, 1.165) is 16.3 Å². The Balaban J connectivity index is 1.97. The molecule has 0 aliphatic carbocycles. The number of hydrogen-bond donors (Lipinski definition) is 1. The Hall–Kier alpha value is -2.34. The summed E-state index contributed by atoms with van der Waals surface area (Å²) in [6, 6.07) is 12.9. The number of carbonyl (C=O) groups excluding carboxylic acids is 1. The first-order valence-corrected chi connectivity index (χ1v) is 8.87. The predicted octanol–water partition coefficient (Wildman–Crippen LogP) is 4.22. The molecule has 0 aliphatic rings. The second-order valence-corrected chi connectivity index (χ2v) is 6.64. The van der Waals surface area contributed by atoms with Crippen molar-refractivity contribution in [2.75, 3.05) is 26.1 Å². The van der Waals surface area contributed by atoms with Crippen LogP contribution >= 0.6 is 11.8 Å². The largest absolute Gasteiger partial charge is 0.494 e. The summed E-state index contributed by atoms with van der Waals surface area (Å²) in [5.41, 5.74) is 0.744. The molecule has 0 unspecified atom stereocenters. The van der Waals surface area contributed by atoms with Crippen molar-refractivity contribution in [1.82, 2.24) is 0 Å². The lowest BCUT2D eigenvalue weighted by Gasteiger charge is -2.14. The quantitative estimate of drug-likeness (QED) is 0.714. The van der Waals surface area contributed by atoms with Gasteiger partial charge in [0.05, 0.1) is 26.1 Å². The molecular formula is C19H23NO4S. The molecule has 0 bridgehead atoms. The average molecular weight is 361 g/mol. The second-order valence-electron chi connectivity index (χ2n) is 5.22. The molecule has 0 aliphatic heterocycles. The van der Waals surface area contributed by atoms with Crippen molar-refractivity contribution < 1.29 is 19.0 Å². The number of thioether (sulfide) groups is 1. The van der Waals surface area contributed by atoms with Crippen molar-refractivity contribution in [3.05, 3.63) is 42.5 Å². The number of carbonyl (C=O) groups is 1. The monoisotopic (exact) mass is 361 g/mol. The van der Waals surface area contributed by atoms with Gasteiger partial charge in [0.25, 0.3) is 0 Å². The van der Waals surface area contributed by atoms with Gasteiger partial charge in [0, 0.05) is 10.6 Å². The van der Waals surface area contributed by atoms with Crippen LogP contribution in [0.1, 0.15) is 13.8 Å². The van der Waals surface area contributed by atoms with E-state index >= 15 is 0 Å². The highest BCUT2D eigenvalue weighted by atomic mass is 32.2. The standard InChI is InChI=1S/C19H23NO4S/c1-5-24-15-8-6-14(7-9-15)20-19(21)13(2)25-16-10-11-17(22-3)18(12-16)23-4/h6-13H,5H2,1-4H3,(H,20,21)/t13-/m0/s1. The minimum absolute atomic E-state index is 0.0658. The van der Waals surface area contributed by atoms with Gasteiger partial charge in [-0.05, 0) is 56.3 Å². The molecule has 5 nitrogen and oxygen atoms in total. The van der Waals surface area contributed by atoms with Crippen molar-refractivity contribution in [3.8, 4) is 17.2 Å². The Bertz CT molecular complexity index is 703. The van der Waals surface area contributed by atoms with E-state index < -0.39 is 0 Å². The van der Waals surface area contributed by atoms with Crippen LogP contribution in [-0.2, 0) is 4.79 Å². The van der Waals surface area contributed by atoms with Gasteiger partial charge in [-0.1, -0.05) is 0 Å². The Morgan fingerprint density at radius 1 is 1.08 bits per heavy atom. The highest BCUT2D eigenvalue weighted by Crippen LogP contribution is 2.33. The van der Waals surface area contributed by atoms with Crippen molar-refractivity contribution >= 4 is 23.4 Å². The maximum absolute atomic E-state index is 12.4. The lowest BCUT2D eigenvalue weighted by Crippen LogP contribution is -2.22. The predicted molar refractivity (Wildman–Crippen MR) is 101 cm³/mol. The molecule has 0 radical (unpaired) electrons. The molecule has 0 aromatic heterocycles. The number of anilines is 1. The zero-order chi connectivity index (χ0) is 18.2. The third-order valence-electron chi connectivity index (χ3n) is 3.47. The molecule has 0 spiro atoms. The smallest absolute Gasteiger partial charge is 0.237 e. The summed E-state index contributed by atoms with van der Waals surface area (Å²) >= 11 is 1.46. The SMILES string of the molecule is CCOc1ccc(NC(=O)[C@H](C)Sc2ccc(OC)c(OC)c2)cc1. The molecule has 2 aromatic rings. The van der Waals surface area contributed by atoms with Gasteiger partial charge < -0.3 is 19.5 Å². The van der Waals surface area contributed by atoms with E-state index in [0.29, 0.717) is 18.1 Å². The van der Waals surface area contributed by atoms with Crippen LogP contribution in [0.2, 0.25) is 0 Å². The highest BCUT2D eigenvalue weighted by Gasteiger charge is 2.16. The third-order valence-corrected chi connectivity index (χ3v) is 4.56. The normalized spacial score (nSPS) is 11.5. The van der Waals surface area contributed by atoms with Crippen LogP contribution in [-0.4, -0.2) is 32.0 Å². The van der Waals surface area contributed by atoms with Gasteiger partial charge in [-0.25, -0.2) is 0 Å². The fourth-order valence-electron chi connectivity index (χ4n) is 2.19. The van der Waals surface area contributed by atoms with Crippen LogP contribution in [0.25, 0.3) is 0 Å². The van der Waals surface area contributed by atoms with Crippen LogP contribution in [0.4, 0.5) is 5.69 Å². The number of methoxy groups -OCH3 is 2. The second kappa shape index (κ2) is 9.22. The number of rotatable bonds is 8. The van der Waals surface area contributed by atoms with E-state index in [1.807, 2.05) is 56.3 Å². The Kier molecular flexibility index (Phi) is 7.01. The summed E-state index contributed by atoms with van der Waals surface area (Å²) in [5, 5.41) is 2.65. The molecule has 1 amide bonds. The van der Waals surface area contributed by atoms with E-state index in [2.05, 4.69) is 5.32 Å². The van der Waals surface area contributed by atoms with Crippen molar-refractivity contribution in [2.45, 2.75) is 24.0 Å². The first-order chi connectivity index (χ1) is 12.1. The van der Waals surface area contributed by atoms with Gasteiger partial charge in [-0.2, -0.15) is 0 Å². The molecule has 2 aromatic carbocycles. The Labute approximate surface area is 152 Å². The molecule has 25 heavy (non-hydrogen) atoms. The minimum atomic E-state index is -0.260. The zero-order valence-corrected chi connectivity index (χ0v) is 15.7. The molecule has 6 heteroatoms.